The van der Waals surface area contributed by atoms with Crippen molar-refractivity contribution in [3.05, 3.63) is 36.7 Å². The quantitative estimate of drug-likeness (QED) is 0.810. The number of rotatable bonds is 0. The van der Waals surface area contributed by atoms with E-state index in [0.29, 0.717) is 6.04 Å². The predicted molar refractivity (Wildman–Crippen MR) is 84.3 cm³/mol. The number of nitrogens with one attached hydrogen (secondary N) is 1. The van der Waals surface area contributed by atoms with Crippen molar-refractivity contribution in [2.75, 3.05) is 19.6 Å². The van der Waals surface area contributed by atoms with Crippen LogP contribution in [0.3, 0.4) is 0 Å². The van der Waals surface area contributed by atoms with E-state index in [9.17, 15) is 0 Å². The molecule has 0 saturated carbocycles. The number of fused-ring (bicyclic) bond motifs is 2. The summed E-state index contributed by atoms with van der Waals surface area (Å²) in [6.07, 6.45) is 3.85. The average molecular weight is 299 g/mol. The second kappa shape index (κ2) is 5.20. The predicted octanol–water partition coefficient (Wildman–Crippen LogP) is 2.18. The molecule has 0 spiro atoms. The zero-order valence-corrected chi connectivity index (χ0v) is 12.7. The second-order valence-electron chi connectivity index (χ2n) is 5.31. The highest BCUT2D eigenvalue weighted by Crippen LogP contribution is 2.37. The molecule has 1 aromatic heterocycles. The molecule has 108 valence electrons. The van der Waals surface area contributed by atoms with Crippen LogP contribution >= 0.6 is 11.8 Å². The number of piperazine rings is 1. The Labute approximate surface area is 128 Å². The third-order valence-electron chi connectivity index (χ3n) is 3.87. The lowest BCUT2D eigenvalue weighted by molar-refractivity contribution is 0.266. The Kier molecular flexibility index (Phi) is 3.20. The first-order valence-corrected chi connectivity index (χ1v) is 8.01. The van der Waals surface area contributed by atoms with E-state index in [2.05, 4.69) is 38.8 Å². The number of nitrogens with zero attached hydrogens (tertiary/aromatic N) is 4. The molecule has 1 aromatic carbocycles. The number of benzene rings is 1. The molecule has 2 aliphatic rings. The van der Waals surface area contributed by atoms with E-state index in [1.807, 2.05) is 24.5 Å². The highest BCUT2D eigenvalue weighted by Gasteiger charge is 2.26. The molecule has 3 heterocycles. The average Bonchev–Trinajstić information content (AvgIpc) is 2.89. The van der Waals surface area contributed by atoms with Gasteiger partial charge in [0, 0.05) is 43.0 Å². The largest absolute Gasteiger partial charge is 0.337 e. The molecule has 5 nitrogen and oxygen atoms in total. The maximum absolute atomic E-state index is 4.94. The molecule has 0 bridgehead atoms. The van der Waals surface area contributed by atoms with Gasteiger partial charge in [0.15, 0.2) is 5.16 Å². The Hall–Kier alpha value is -1.79. The lowest BCUT2D eigenvalue weighted by atomic mass is 10.2. The van der Waals surface area contributed by atoms with Crippen molar-refractivity contribution in [2.45, 2.75) is 23.0 Å². The molecule has 1 atom stereocenters. The van der Waals surface area contributed by atoms with Crippen molar-refractivity contribution < 1.29 is 0 Å². The summed E-state index contributed by atoms with van der Waals surface area (Å²) in [4.78, 5) is 13.0. The Morgan fingerprint density at radius 3 is 3.14 bits per heavy atom. The third kappa shape index (κ3) is 2.24. The molecule has 1 saturated heterocycles. The minimum absolute atomic E-state index is 0.419. The number of imidazole rings is 1. The molecular formula is C15H17N5S. The van der Waals surface area contributed by atoms with Crippen LogP contribution in [0.15, 0.2) is 51.7 Å². The van der Waals surface area contributed by atoms with Gasteiger partial charge in [0.05, 0.1) is 5.69 Å². The summed E-state index contributed by atoms with van der Waals surface area (Å²) in [6.45, 7) is 5.17. The second-order valence-corrected chi connectivity index (χ2v) is 6.32. The maximum atomic E-state index is 4.94. The zero-order chi connectivity index (χ0) is 14.2. The standard InChI is InChI=1S/C15H17N5S/c1-11-10-16-6-8-19(11)14-18-12-4-2-3-5-13(12)21-15-17-7-9-20(14)15/h2-5,7,9,11,16H,6,8,10H2,1H3. The fourth-order valence-corrected chi connectivity index (χ4v) is 3.67. The lowest BCUT2D eigenvalue weighted by Crippen LogP contribution is -2.53. The smallest absolute Gasteiger partial charge is 0.212 e. The Bertz CT molecular complexity index is 693. The Balaban J connectivity index is 1.85. The highest BCUT2D eigenvalue weighted by atomic mass is 32.2. The number of hydrogen-bond donors (Lipinski definition) is 1. The topological polar surface area (TPSA) is 45.4 Å². The summed E-state index contributed by atoms with van der Waals surface area (Å²) in [5.74, 6) is 0.981. The van der Waals surface area contributed by atoms with Gasteiger partial charge in [0.2, 0.25) is 5.96 Å². The van der Waals surface area contributed by atoms with Gasteiger partial charge in [-0.3, -0.25) is 4.57 Å². The molecular weight excluding hydrogens is 282 g/mol. The molecule has 1 unspecified atom stereocenters. The molecule has 21 heavy (non-hydrogen) atoms. The Morgan fingerprint density at radius 2 is 2.24 bits per heavy atom. The number of aromatic nitrogens is 2. The molecule has 2 aromatic rings. The lowest BCUT2D eigenvalue weighted by Gasteiger charge is -2.36. The van der Waals surface area contributed by atoms with Crippen LogP contribution in [0, 0.1) is 0 Å². The van der Waals surface area contributed by atoms with Crippen LogP contribution in [0.5, 0.6) is 0 Å². The SMILES string of the molecule is CC1CNCCN1C1=Nc2ccccc2Sc2nccn21. The van der Waals surface area contributed by atoms with E-state index in [-0.39, 0.29) is 0 Å². The van der Waals surface area contributed by atoms with Crippen molar-refractivity contribution in [3.8, 4) is 0 Å². The fourth-order valence-electron chi connectivity index (χ4n) is 2.75. The van der Waals surface area contributed by atoms with Crippen LogP contribution in [-0.4, -0.2) is 46.1 Å². The molecule has 0 aliphatic carbocycles. The van der Waals surface area contributed by atoms with Crippen LogP contribution in [-0.2, 0) is 0 Å². The fraction of sp³-hybridized carbons (Fsp3) is 0.333. The maximum Gasteiger partial charge on any atom is 0.212 e. The normalized spacial score (nSPS) is 21.3. The number of hydrogen-bond acceptors (Lipinski definition) is 5. The van der Waals surface area contributed by atoms with Gasteiger partial charge in [0.25, 0.3) is 0 Å². The summed E-state index contributed by atoms with van der Waals surface area (Å²) in [7, 11) is 0. The van der Waals surface area contributed by atoms with E-state index < -0.39 is 0 Å². The molecule has 2 aliphatic heterocycles. The molecule has 1 fully saturated rings. The van der Waals surface area contributed by atoms with Crippen LogP contribution in [0.4, 0.5) is 5.69 Å². The minimum Gasteiger partial charge on any atom is -0.337 e. The van der Waals surface area contributed by atoms with Crippen molar-refractivity contribution in [3.63, 3.8) is 0 Å². The van der Waals surface area contributed by atoms with Gasteiger partial charge in [-0.25, -0.2) is 9.98 Å². The van der Waals surface area contributed by atoms with Gasteiger partial charge in [-0.2, -0.15) is 0 Å². The van der Waals surface area contributed by atoms with Gasteiger partial charge in [-0.15, -0.1) is 0 Å². The van der Waals surface area contributed by atoms with E-state index in [1.54, 1.807) is 11.8 Å². The first-order valence-electron chi connectivity index (χ1n) is 7.19. The van der Waals surface area contributed by atoms with Crippen LogP contribution in [0.2, 0.25) is 0 Å². The van der Waals surface area contributed by atoms with E-state index in [0.717, 1.165) is 41.3 Å². The van der Waals surface area contributed by atoms with Gasteiger partial charge >= 0.3 is 0 Å². The monoisotopic (exact) mass is 299 g/mol. The van der Waals surface area contributed by atoms with Crippen molar-refractivity contribution in [1.29, 1.82) is 0 Å². The summed E-state index contributed by atoms with van der Waals surface area (Å²) < 4.78 is 2.10. The van der Waals surface area contributed by atoms with Gasteiger partial charge in [0.1, 0.15) is 0 Å². The molecule has 6 heteroatoms. The number of para-hydroxylation sites is 1. The van der Waals surface area contributed by atoms with Crippen molar-refractivity contribution >= 4 is 23.4 Å². The van der Waals surface area contributed by atoms with Gasteiger partial charge in [-0.05, 0) is 30.8 Å². The molecule has 0 amide bonds. The van der Waals surface area contributed by atoms with Crippen LogP contribution in [0.1, 0.15) is 6.92 Å². The van der Waals surface area contributed by atoms with Crippen LogP contribution in [0.25, 0.3) is 0 Å². The minimum atomic E-state index is 0.419. The highest BCUT2D eigenvalue weighted by molar-refractivity contribution is 7.99. The van der Waals surface area contributed by atoms with Crippen molar-refractivity contribution in [1.82, 2.24) is 19.8 Å². The van der Waals surface area contributed by atoms with Gasteiger partial charge < -0.3 is 10.2 Å². The molecule has 4 rings (SSSR count). The molecule has 1 N–H and O–H groups in total. The van der Waals surface area contributed by atoms with E-state index in [4.69, 9.17) is 4.99 Å². The van der Waals surface area contributed by atoms with E-state index >= 15 is 0 Å². The summed E-state index contributed by atoms with van der Waals surface area (Å²) >= 11 is 1.67. The number of aliphatic imine (C=N–C) groups is 1. The first kappa shape index (κ1) is 12.9. The third-order valence-corrected chi connectivity index (χ3v) is 4.92. The summed E-state index contributed by atoms with van der Waals surface area (Å²) in [5.41, 5.74) is 1.02. The molecule has 0 radical (unpaired) electrons. The summed E-state index contributed by atoms with van der Waals surface area (Å²) in [5, 5.41) is 4.41. The van der Waals surface area contributed by atoms with Gasteiger partial charge in [-0.1, -0.05) is 12.1 Å². The zero-order valence-electron chi connectivity index (χ0n) is 11.9. The summed E-state index contributed by atoms with van der Waals surface area (Å²) in [6, 6.07) is 8.68. The van der Waals surface area contributed by atoms with E-state index in [1.165, 1.54) is 0 Å². The van der Waals surface area contributed by atoms with Crippen molar-refractivity contribution in [2.24, 2.45) is 4.99 Å². The first-order chi connectivity index (χ1) is 10.3. The Morgan fingerprint density at radius 1 is 1.33 bits per heavy atom. The van der Waals surface area contributed by atoms with Crippen LogP contribution < -0.4 is 5.32 Å².